The predicted molar refractivity (Wildman–Crippen MR) is 80.3 cm³/mol. The van der Waals surface area contributed by atoms with E-state index in [0.717, 1.165) is 25.1 Å². The van der Waals surface area contributed by atoms with Gasteiger partial charge in [-0.3, -0.25) is 0 Å². The Morgan fingerprint density at radius 2 is 1.90 bits per heavy atom. The topological polar surface area (TPSA) is 21.3 Å². The van der Waals surface area contributed by atoms with Crippen molar-refractivity contribution >= 4 is 0 Å². The van der Waals surface area contributed by atoms with E-state index in [4.69, 9.17) is 4.74 Å². The number of rotatable bonds is 7. The maximum absolute atomic E-state index is 12.8. The van der Waals surface area contributed by atoms with Crippen molar-refractivity contribution in [2.75, 3.05) is 13.2 Å². The standard InChI is InChI=1S/C17H26FNO/c1-14(15-8-10-16(18)11-9-15)19-12-5-13-20-17-6-3-2-4-7-17/h8-11,14,17,19H,2-7,12-13H2,1H3. The van der Waals surface area contributed by atoms with Crippen LogP contribution in [0.2, 0.25) is 0 Å². The Labute approximate surface area is 121 Å². The van der Waals surface area contributed by atoms with Crippen molar-refractivity contribution in [1.82, 2.24) is 5.32 Å². The van der Waals surface area contributed by atoms with Gasteiger partial charge in [-0.05, 0) is 50.4 Å². The Bertz CT molecular complexity index is 373. The summed E-state index contributed by atoms with van der Waals surface area (Å²) in [6, 6.07) is 6.96. The van der Waals surface area contributed by atoms with Crippen LogP contribution in [0.5, 0.6) is 0 Å². The van der Waals surface area contributed by atoms with Crippen molar-refractivity contribution in [3.8, 4) is 0 Å². The normalized spacial score (nSPS) is 18.1. The van der Waals surface area contributed by atoms with Gasteiger partial charge < -0.3 is 10.1 Å². The Morgan fingerprint density at radius 1 is 1.20 bits per heavy atom. The van der Waals surface area contributed by atoms with Crippen LogP contribution in [-0.4, -0.2) is 19.3 Å². The second-order valence-corrected chi connectivity index (χ2v) is 5.71. The van der Waals surface area contributed by atoms with Gasteiger partial charge in [0.15, 0.2) is 0 Å². The van der Waals surface area contributed by atoms with Gasteiger partial charge in [0.1, 0.15) is 5.82 Å². The van der Waals surface area contributed by atoms with Crippen molar-refractivity contribution < 1.29 is 9.13 Å². The molecule has 0 bridgehead atoms. The first kappa shape index (κ1) is 15.5. The molecule has 0 radical (unpaired) electrons. The van der Waals surface area contributed by atoms with Crippen LogP contribution < -0.4 is 5.32 Å². The molecule has 2 rings (SSSR count). The fraction of sp³-hybridized carbons (Fsp3) is 0.647. The molecule has 1 atom stereocenters. The minimum absolute atomic E-state index is 0.179. The van der Waals surface area contributed by atoms with E-state index in [2.05, 4.69) is 12.2 Å². The van der Waals surface area contributed by atoms with Gasteiger partial charge in [-0.2, -0.15) is 0 Å². The Hall–Kier alpha value is -0.930. The molecule has 1 aliphatic rings. The molecule has 112 valence electrons. The third-order valence-electron chi connectivity index (χ3n) is 4.05. The van der Waals surface area contributed by atoms with E-state index in [1.807, 2.05) is 12.1 Å². The number of ether oxygens (including phenoxy) is 1. The first-order valence-corrected chi connectivity index (χ1v) is 7.86. The van der Waals surface area contributed by atoms with E-state index in [1.54, 1.807) is 0 Å². The van der Waals surface area contributed by atoms with Gasteiger partial charge in [-0.15, -0.1) is 0 Å². The van der Waals surface area contributed by atoms with Crippen LogP contribution in [0.3, 0.4) is 0 Å². The molecule has 1 N–H and O–H groups in total. The third-order valence-corrected chi connectivity index (χ3v) is 4.05. The number of hydrogen-bond acceptors (Lipinski definition) is 2. The predicted octanol–water partition coefficient (Wildman–Crippen LogP) is 4.22. The van der Waals surface area contributed by atoms with Gasteiger partial charge in [-0.25, -0.2) is 4.39 Å². The van der Waals surface area contributed by atoms with Crippen molar-refractivity contribution in [3.63, 3.8) is 0 Å². The molecule has 1 saturated carbocycles. The number of halogens is 1. The molecule has 20 heavy (non-hydrogen) atoms. The highest BCUT2D eigenvalue weighted by Crippen LogP contribution is 2.20. The molecule has 0 spiro atoms. The molecule has 1 aromatic rings. The van der Waals surface area contributed by atoms with Gasteiger partial charge in [-0.1, -0.05) is 31.4 Å². The fourth-order valence-electron chi connectivity index (χ4n) is 2.74. The molecule has 2 nitrogen and oxygen atoms in total. The maximum atomic E-state index is 12.8. The van der Waals surface area contributed by atoms with Crippen LogP contribution in [-0.2, 0) is 4.74 Å². The molecule has 0 saturated heterocycles. The number of benzene rings is 1. The summed E-state index contributed by atoms with van der Waals surface area (Å²) in [5.41, 5.74) is 1.12. The lowest BCUT2D eigenvalue weighted by Crippen LogP contribution is -2.23. The third kappa shape index (κ3) is 5.22. The number of nitrogens with one attached hydrogen (secondary N) is 1. The average Bonchev–Trinajstić information content (AvgIpc) is 2.48. The van der Waals surface area contributed by atoms with E-state index < -0.39 is 0 Å². The molecule has 3 heteroatoms. The van der Waals surface area contributed by atoms with Crippen LogP contribution >= 0.6 is 0 Å². The van der Waals surface area contributed by atoms with E-state index in [-0.39, 0.29) is 11.9 Å². The molecule has 0 amide bonds. The molecule has 1 aliphatic carbocycles. The Morgan fingerprint density at radius 3 is 2.60 bits per heavy atom. The highest BCUT2D eigenvalue weighted by molar-refractivity contribution is 5.19. The summed E-state index contributed by atoms with van der Waals surface area (Å²) < 4.78 is 18.7. The van der Waals surface area contributed by atoms with Crippen molar-refractivity contribution in [1.29, 1.82) is 0 Å². The van der Waals surface area contributed by atoms with E-state index in [0.29, 0.717) is 6.10 Å². The minimum atomic E-state index is -0.179. The maximum Gasteiger partial charge on any atom is 0.123 e. The van der Waals surface area contributed by atoms with E-state index in [9.17, 15) is 4.39 Å². The lowest BCUT2D eigenvalue weighted by Gasteiger charge is -2.22. The van der Waals surface area contributed by atoms with Crippen molar-refractivity contribution in [3.05, 3.63) is 35.6 Å². The first-order valence-electron chi connectivity index (χ1n) is 7.86. The molecule has 1 fully saturated rings. The SMILES string of the molecule is CC(NCCCOC1CCCCC1)c1ccc(F)cc1. The smallest absolute Gasteiger partial charge is 0.123 e. The van der Waals surface area contributed by atoms with Gasteiger partial charge in [0, 0.05) is 12.6 Å². The second kappa shape index (κ2) is 8.38. The van der Waals surface area contributed by atoms with E-state index in [1.165, 1.54) is 44.2 Å². The first-order chi connectivity index (χ1) is 9.75. The summed E-state index contributed by atoms with van der Waals surface area (Å²) in [6.07, 6.45) is 8.02. The lowest BCUT2D eigenvalue weighted by atomic mass is 9.98. The van der Waals surface area contributed by atoms with Crippen LogP contribution in [0.1, 0.15) is 57.1 Å². The molecule has 0 heterocycles. The zero-order chi connectivity index (χ0) is 14.2. The minimum Gasteiger partial charge on any atom is -0.378 e. The van der Waals surface area contributed by atoms with Gasteiger partial charge >= 0.3 is 0 Å². The van der Waals surface area contributed by atoms with Gasteiger partial charge in [0.25, 0.3) is 0 Å². The fourth-order valence-corrected chi connectivity index (χ4v) is 2.74. The summed E-state index contributed by atoms with van der Waals surface area (Å²) in [5.74, 6) is -0.179. The largest absolute Gasteiger partial charge is 0.378 e. The van der Waals surface area contributed by atoms with Crippen molar-refractivity contribution in [2.24, 2.45) is 0 Å². The Kier molecular flexibility index (Phi) is 6.48. The lowest BCUT2D eigenvalue weighted by molar-refractivity contribution is 0.0271. The zero-order valence-corrected chi connectivity index (χ0v) is 12.4. The highest BCUT2D eigenvalue weighted by Gasteiger charge is 2.13. The van der Waals surface area contributed by atoms with Crippen LogP contribution in [0.25, 0.3) is 0 Å². The summed E-state index contributed by atoms with van der Waals surface area (Å²) in [5, 5.41) is 3.45. The van der Waals surface area contributed by atoms with Crippen LogP contribution in [0.4, 0.5) is 4.39 Å². The van der Waals surface area contributed by atoms with Gasteiger partial charge in [0.05, 0.1) is 6.10 Å². The molecule has 1 aromatic carbocycles. The highest BCUT2D eigenvalue weighted by atomic mass is 19.1. The molecule has 0 aliphatic heterocycles. The molecule has 0 aromatic heterocycles. The molecular formula is C17H26FNO. The zero-order valence-electron chi connectivity index (χ0n) is 12.4. The number of hydrogen-bond donors (Lipinski definition) is 1. The summed E-state index contributed by atoms with van der Waals surface area (Å²) in [7, 11) is 0. The summed E-state index contributed by atoms with van der Waals surface area (Å²) in [4.78, 5) is 0. The Balaban J connectivity index is 1.57. The quantitative estimate of drug-likeness (QED) is 0.755. The van der Waals surface area contributed by atoms with Gasteiger partial charge in [0.2, 0.25) is 0 Å². The average molecular weight is 279 g/mol. The molecule has 1 unspecified atom stereocenters. The monoisotopic (exact) mass is 279 g/mol. The summed E-state index contributed by atoms with van der Waals surface area (Å²) in [6.45, 7) is 3.88. The van der Waals surface area contributed by atoms with Crippen molar-refractivity contribution in [2.45, 2.75) is 57.6 Å². The molecular weight excluding hydrogens is 253 g/mol. The van der Waals surface area contributed by atoms with Crippen LogP contribution in [0.15, 0.2) is 24.3 Å². The van der Waals surface area contributed by atoms with E-state index >= 15 is 0 Å². The van der Waals surface area contributed by atoms with Crippen LogP contribution in [0, 0.1) is 5.82 Å². The second-order valence-electron chi connectivity index (χ2n) is 5.71. The summed E-state index contributed by atoms with van der Waals surface area (Å²) >= 11 is 0.